The van der Waals surface area contributed by atoms with Crippen molar-refractivity contribution in [2.45, 2.75) is 6.92 Å². The molecule has 6 heteroatoms. The number of ether oxygens (including phenoxy) is 1. The van der Waals surface area contributed by atoms with Crippen molar-refractivity contribution >= 4 is 17.6 Å². The Morgan fingerprint density at radius 3 is 2.93 bits per heavy atom. The van der Waals surface area contributed by atoms with E-state index in [0.29, 0.717) is 5.69 Å². The van der Waals surface area contributed by atoms with Gasteiger partial charge in [-0.1, -0.05) is 11.6 Å². The molecule has 0 unspecified atom stereocenters. The number of H-pyrrole nitrogens is 1. The molecule has 0 amide bonds. The highest BCUT2D eigenvalue weighted by Crippen LogP contribution is 2.11. The van der Waals surface area contributed by atoms with Crippen LogP contribution in [0.1, 0.15) is 5.69 Å². The van der Waals surface area contributed by atoms with E-state index in [0.717, 1.165) is 0 Å². The van der Waals surface area contributed by atoms with E-state index < -0.39 is 18.0 Å². The van der Waals surface area contributed by atoms with Crippen LogP contribution in [-0.2, 0) is 4.79 Å². The molecule has 0 aliphatic rings. The van der Waals surface area contributed by atoms with E-state index in [1.165, 1.54) is 6.20 Å². The Kier molecular flexibility index (Phi) is 3.14. The highest BCUT2D eigenvalue weighted by molar-refractivity contribution is 6.31. The number of aliphatic carboxylic acids is 1. The fourth-order valence-corrected chi connectivity index (χ4v) is 0.976. The number of carboxylic acid groups (broad SMARTS) is 1. The highest BCUT2D eigenvalue weighted by Gasteiger charge is 2.08. The second-order valence-electron chi connectivity index (χ2n) is 2.60. The van der Waals surface area contributed by atoms with Crippen LogP contribution in [0.15, 0.2) is 11.0 Å². The Bertz CT molecular complexity index is 412. The van der Waals surface area contributed by atoms with Crippen LogP contribution in [-0.4, -0.2) is 22.7 Å². The molecule has 14 heavy (non-hydrogen) atoms. The van der Waals surface area contributed by atoms with E-state index in [-0.39, 0.29) is 10.8 Å². The average molecular weight is 218 g/mol. The second kappa shape index (κ2) is 4.15. The molecule has 0 spiro atoms. The van der Waals surface area contributed by atoms with Crippen LogP contribution in [0.25, 0.3) is 0 Å². The summed E-state index contributed by atoms with van der Waals surface area (Å²) >= 11 is 5.63. The number of hydrogen-bond acceptors (Lipinski definition) is 3. The fourth-order valence-electron chi connectivity index (χ4n) is 0.828. The topological polar surface area (TPSA) is 79.4 Å². The summed E-state index contributed by atoms with van der Waals surface area (Å²) in [5, 5.41) is 8.33. The number of rotatable bonds is 3. The van der Waals surface area contributed by atoms with E-state index in [1.807, 2.05) is 0 Å². The number of pyridine rings is 1. The molecule has 5 nitrogen and oxygen atoms in total. The maximum absolute atomic E-state index is 11.3. The maximum atomic E-state index is 11.3. The molecule has 0 bridgehead atoms. The molecule has 76 valence electrons. The predicted molar refractivity (Wildman–Crippen MR) is 49.9 cm³/mol. The zero-order valence-corrected chi connectivity index (χ0v) is 8.09. The Morgan fingerprint density at radius 2 is 2.36 bits per heavy atom. The first-order chi connectivity index (χ1) is 6.52. The van der Waals surface area contributed by atoms with Crippen LogP contribution >= 0.6 is 11.6 Å². The Hall–Kier alpha value is -1.49. The number of aryl methyl sites for hydroxylation is 1. The van der Waals surface area contributed by atoms with Gasteiger partial charge in [-0.05, 0) is 6.92 Å². The number of halogens is 1. The minimum atomic E-state index is -1.15. The third kappa shape index (κ3) is 2.26. The van der Waals surface area contributed by atoms with Gasteiger partial charge < -0.3 is 14.8 Å². The van der Waals surface area contributed by atoms with Crippen molar-refractivity contribution in [1.82, 2.24) is 4.98 Å². The number of aromatic nitrogens is 1. The summed E-state index contributed by atoms with van der Waals surface area (Å²) in [5.41, 5.74) is 0.00325. The minimum Gasteiger partial charge on any atom is -0.479 e. The SMILES string of the molecule is Cc1[nH]cc(OCC(=O)O)c(=O)c1Cl. The Morgan fingerprint density at radius 1 is 1.71 bits per heavy atom. The number of hydrogen-bond donors (Lipinski definition) is 2. The summed E-state index contributed by atoms with van der Waals surface area (Å²) in [4.78, 5) is 24.2. The molecule has 1 aromatic rings. The molecule has 1 aromatic heterocycles. The molecule has 0 aliphatic heterocycles. The maximum Gasteiger partial charge on any atom is 0.341 e. The van der Waals surface area contributed by atoms with Gasteiger partial charge >= 0.3 is 5.97 Å². The number of nitrogens with one attached hydrogen (secondary N) is 1. The van der Waals surface area contributed by atoms with Gasteiger partial charge in [0.2, 0.25) is 5.43 Å². The summed E-state index contributed by atoms with van der Waals surface area (Å²) in [7, 11) is 0. The predicted octanol–water partition coefficient (Wildman–Crippen LogP) is 0.800. The van der Waals surface area contributed by atoms with Crippen molar-refractivity contribution in [3.8, 4) is 5.75 Å². The van der Waals surface area contributed by atoms with Gasteiger partial charge in [-0.15, -0.1) is 0 Å². The summed E-state index contributed by atoms with van der Waals surface area (Å²) in [6.45, 7) is 1.06. The minimum absolute atomic E-state index is 0.00730. The molecule has 0 saturated heterocycles. The van der Waals surface area contributed by atoms with Crippen molar-refractivity contribution in [3.05, 3.63) is 27.1 Å². The molecule has 0 atom stereocenters. The lowest BCUT2D eigenvalue weighted by Crippen LogP contribution is -2.16. The van der Waals surface area contributed by atoms with Gasteiger partial charge in [-0.25, -0.2) is 4.79 Å². The first kappa shape index (κ1) is 10.6. The van der Waals surface area contributed by atoms with Crippen LogP contribution in [0.2, 0.25) is 5.02 Å². The lowest BCUT2D eigenvalue weighted by Gasteiger charge is -2.03. The highest BCUT2D eigenvalue weighted by atomic mass is 35.5. The fraction of sp³-hybridized carbons (Fsp3) is 0.250. The Labute approximate surface area is 84.3 Å². The largest absolute Gasteiger partial charge is 0.479 e. The van der Waals surface area contributed by atoms with Gasteiger partial charge in [0.1, 0.15) is 5.02 Å². The van der Waals surface area contributed by atoms with Crippen molar-refractivity contribution < 1.29 is 14.6 Å². The van der Waals surface area contributed by atoms with Gasteiger partial charge in [0, 0.05) is 11.9 Å². The van der Waals surface area contributed by atoms with Gasteiger partial charge in [-0.3, -0.25) is 4.79 Å². The summed E-state index contributed by atoms with van der Waals surface area (Å²) in [6.07, 6.45) is 1.28. The number of carbonyl (C=O) groups is 1. The third-order valence-electron chi connectivity index (χ3n) is 1.52. The normalized spacial score (nSPS) is 9.86. The van der Waals surface area contributed by atoms with Crippen LogP contribution in [0.3, 0.4) is 0 Å². The molecular formula is C8H8ClNO4. The van der Waals surface area contributed by atoms with Crippen LogP contribution in [0.5, 0.6) is 5.75 Å². The molecule has 0 radical (unpaired) electrons. The third-order valence-corrected chi connectivity index (χ3v) is 1.98. The summed E-state index contributed by atoms with van der Waals surface area (Å²) < 4.78 is 4.71. The molecule has 1 rings (SSSR count). The van der Waals surface area contributed by atoms with E-state index in [1.54, 1.807) is 6.92 Å². The van der Waals surface area contributed by atoms with Crippen molar-refractivity contribution in [3.63, 3.8) is 0 Å². The van der Waals surface area contributed by atoms with Crippen LogP contribution in [0, 0.1) is 6.92 Å². The van der Waals surface area contributed by atoms with Gasteiger partial charge in [-0.2, -0.15) is 0 Å². The number of carboxylic acids is 1. The summed E-state index contributed by atoms with van der Waals surface area (Å²) in [6, 6.07) is 0. The van der Waals surface area contributed by atoms with Crippen molar-refractivity contribution in [1.29, 1.82) is 0 Å². The second-order valence-corrected chi connectivity index (χ2v) is 2.98. The van der Waals surface area contributed by atoms with Gasteiger partial charge in [0.15, 0.2) is 12.4 Å². The van der Waals surface area contributed by atoms with Gasteiger partial charge in [0.25, 0.3) is 0 Å². The zero-order chi connectivity index (χ0) is 10.7. The molecule has 0 aliphatic carbocycles. The first-order valence-corrected chi connectivity index (χ1v) is 4.12. The van der Waals surface area contributed by atoms with Crippen molar-refractivity contribution in [2.24, 2.45) is 0 Å². The molecule has 2 N–H and O–H groups in total. The lowest BCUT2D eigenvalue weighted by molar-refractivity contribution is -0.139. The zero-order valence-electron chi connectivity index (χ0n) is 7.33. The lowest BCUT2D eigenvalue weighted by atomic mass is 10.3. The van der Waals surface area contributed by atoms with Crippen LogP contribution < -0.4 is 10.2 Å². The Balaban J connectivity index is 2.95. The van der Waals surface area contributed by atoms with E-state index in [2.05, 4.69) is 4.98 Å². The van der Waals surface area contributed by atoms with E-state index in [9.17, 15) is 9.59 Å². The van der Waals surface area contributed by atoms with Crippen molar-refractivity contribution in [2.75, 3.05) is 6.61 Å². The monoisotopic (exact) mass is 217 g/mol. The molecule has 0 saturated carbocycles. The number of aromatic amines is 1. The molecule has 0 fully saturated rings. The smallest absolute Gasteiger partial charge is 0.341 e. The summed E-state index contributed by atoms with van der Waals surface area (Å²) in [5.74, 6) is -1.25. The van der Waals surface area contributed by atoms with Crippen LogP contribution in [0.4, 0.5) is 0 Å². The quantitative estimate of drug-likeness (QED) is 0.785. The average Bonchev–Trinajstić information content (AvgIpc) is 2.13. The van der Waals surface area contributed by atoms with Gasteiger partial charge in [0.05, 0.1) is 0 Å². The molecular weight excluding hydrogens is 210 g/mol. The van der Waals surface area contributed by atoms with E-state index in [4.69, 9.17) is 21.4 Å². The first-order valence-electron chi connectivity index (χ1n) is 3.74. The van der Waals surface area contributed by atoms with E-state index >= 15 is 0 Å². The standard InChI is InChI=1S/C8H8ClNO4/c1-4-7(9)8(13)5(2-10-4)14-3-6(11)12/h2H,3H2,1H3,(H,10,13)(H,11,12). The molecule has 0 aromatic carbocycles. The molecule has 1 heterocycles.